The summed E-state index contributed by atoms with van der Waals surface area (Å²) in [5.41, 5.74) is 4.63. The molecule has 0 amide bonds. The van der Waals surface area contributed by atoms with Crippen LogP contribution >= 0.6 is 0 Å². The molecular weight excluding hydrogens is 358 g/mol. The first-order valence-corrected chi connectivity index (χ1v) is 9.32. The Labute approximate surface area is 167 Å². The van der Waals surface area contributed by atoms with E-state index < -0.39 is 0 Å². The highest BCUT2D eigenvalue weighted by Crippen LogP contribution is 2.31. The predicted molar refractivity (Wildman–Crippen MR) is 117 cm³/mol. The highest BCUT2D eigenvalue weighted by Gasteiger charge is 2.11. The summed E-state index contributed by atoms with van der Waals surface area (Å²) in [6, 6.07) is 24.2. The van der Waals surface area contributed by atoms with Gasteiger partial charge < -0.3 is 10.3 Å². The van der Waals surface area contributed by atoms with E-state index in [2.05, 4.69) is 43.5 Å². The molecule has 0 saturated heterocycles. The molecule has 0 radical (unpaired) electrons. The fraction of sp³-hybridized carbons (Fsp3) is 0.0417. The standard InChI is InChI=1S/C24H17N5/c1-2-8-22-26-20-14-13-17(15-21(20)27-22)25-24-19-12-7-6-11-18(19)23(28-29-24)16-9-4-3-5-10-16/h1,3-7,9-15H,8H2,(H,25,29)(H,26,27). The first-order valence-electron chi connectivity index (χ1n) is 9.32. The molecule has 0 fully saturated rings. The van der Waals surface area contributed by atoms with Crippen LogP contribution in [0.2, 0.25) is 0 Å². The number of H-pyrrole nitrogens is 1. The molecule has 0 aliphatic heterocycles. The largest absolute Gasteiger partial charge is 0.341 e. The van der Waals surface area contributed by atoms with Gasteiger partial charge in [-0.05, 0) is 18.2 Å². The van der Waals surface area contributed by atoms with Crippen LogP contribution in [0.4, 0.5) is 11.5 Å². The smallest absolute Gasteiger partial charge is 0.161 e. The maximum absolute atomic E-state index is 5.38. The summed E-state index contributed by atoms with van der Waals surface area (Å²) in [5, 5.41) is 14.5. The maximum atomic E-state index is 5.38. The van der Waals surface area contributed by atoms with E-state index >= 15 is 0 Å². The van der Waals surface area contributed by atoms with Gasteiger partial charge in [-0.3, -0.25) is 0 Å². The van der Waals surface area contributed by atoms with Crippen molar-refractivity contribution >= 4 is 33.3 Å². The van der Waals surface area contributed by atoms with Gasteiger partial charge in [0, 0.05) is 22.0 Å². The number of nitrogens with one attached hydrogen (secondary N) is 2. The Bertz CT molecular complexity index is 1360. The first-order chi connectivity index (χ1) is 14.3. The predicted octanol–water partition coefficient (Wildman–Crippen LogP) is 5.09. The number of aromatic nitrogens is 4. The molecule has 2 N–H and O–H groups in total. The number of terminal acetylenes is 1. The number of fused-ring (bicyclic) bond motifs is 2. The van der Waals surface area contributed by atoms with Crippen molar-refractivity contribution in [2.24, 2.45) is 0 Å². The van der Waals surface area contributed by atoms with Gasteiger partial charge in [-0.25, -0.2) is 4.98 Å². The van der Waals surface area contributed by atoms with E-state index in [0.29, 0.717) is 12.2 Å². The molecule has 5 aromatic rings. The minimum absolute atomic E-state index is 0.481. The second-order valence-electron chi connectivity index (χ2n) is 6.73. The number of hydrogen-bond donors (Lipinski definition) is 2. The number of benzene rings is 3. The molecular formula is C24H17N5. The molecule has 0 bridgehead atoms. The van der Waals surface area contributed by atoms with Crippen molar-refractivity contribution in [3.8, 4) is 23.6 Å². The quantitative estimate of drug-likeness (QED) is 0.429. The number of hydrogen-bond acceptors (Lipinski definition) is 4. The van der Waals surface area contributed by atoms with Crippen LogP contribution < -0.4 is 5.32 Å². The lowest BCUT2D eigenvalue weighted by Gasteiger charge is -2.11. The minimum atomic E-state index is 0.481. The van der Waals surface area contributed by atoms with E-state index in [1.807, 2.05) is 60.7 Å². The van der Waals surface area contributed by atoms with E-state index in [1.54, 1.807) is 0 Å². The van der Waals surface area contributed by atoms with Gasteiger partial charge in [0.2, 0.25) is 0 Å². The van der Waals surface area contributed by atoms with Gasteiger partial charge >= 0.3 is 0 Å². The van der Waals surface area contributed by atoms with Crippen LogP contribution in [-0.4, -0.2) is 20.2 Å². The lowest BCUT2D eigenvalue weighted by Crippen LogP contribution is -1.99. The van der Waals surface area contributed by atoms with E-state index in [1.165, 1.54) is 0 Å². The van der Waals surface area contributed by atoms with Crippen LogP contribution in [0.15, 0.2) is 72.8 Å². The molecule has 3 aromatic carbocycles. The van der Waals surface area contributed by atoms with Crippen molar-refractivity contribution < 1.29 is 0 Å². The van der Waals surface area contributed by atoms with Crippen LogP contribution in [0.1, 0.15) is 5.82 Å². The van der Waals surface area contributed by atoms with Gasteiger partial charge in [0.05, 0.1) is 17.5 Å². The third-order valence-electron chi connectivity index (χ3n) is 4.80. The lowest BCUT2D eigenvalue weighted by atomic mass is 10.0. The van der Waals surface area contributed by atoms with Gasteiger partial charge in [0.15, 0.2) is 5.82 Å². The van der Waals surface area contributed by atoms with E-state index in [-0.39, 0.29) is 0 Å². The van der Waals surface area contributed by atoms with Crippen molar-refractivity contribution in [1.82, 2.24) is 20.2 Å². The minimum Gasteiger partial charge on any atom is -0.341 e. The molecule has 5 heteroatoms. The fourth-order valence-corrected chi connectivity index (χ4v) is 3.46. The summed E-state index contributed by atoms with van der Waals surface area (Å²) in [5.74, 6) is 4.11. The van der Waals surface area contributed by atoms with Crippen LogP contribution in [0, 0.1) is 12.3 Å². The van der Waals surface area contributed by atoms with Gasteiger partial charge in [-0.1, -0.05) is 60.5 Å². The molecule has 0 aliphatic carbocycles. The van der Waals surface area contributed by atoms with Gasteiger partial charge in [-0.2, -0.15) is 0 Å². The maximum Gasteiger partial charge on any atom is 0.161 e. The van der Waals surface area contributed by atoms with Crippen molar-refractivity contribution in [1.29, 1.82) is 0 Å². The molecule has 2 heterocycles. The second kappa shape index (κ2) is 7.10. The second-order valence-corrected chi connectivity index (χ2v) is 6.73. The Hall–Kier alpha value is -4.17. The number of aromatic amines is 1. The fourth-order valence-electron chi connectivity index (χ4n) is 3.46. The zero-order valence-electron chi connectivity index (χ0n) is 15.6. The highest BCUT2D eigenvalue weighted by atomic mass is 15.2. The highest BCUT2D eigenvalue weighted by molar-refractivity contribution is 6.01. The molecule has 0 spiro atoms. The average molecular weight is 375 g/mol. The summed E-state index contributed by atoms with van der Waals surface area (Å²) < 4.78 is 0. The van der Waals surface area contributed by atoms with E-state index in [0.717, 1.165) is 44.6 Å². The summed E-state index contributed by atoms with van der Waals surface area (Å²) in [7, 11) is 0. The normalized spacial score (nSPS) is 10.9. The first kappa shape index (κ1) is 17.0. The van der Waals surface area contributed by atoms with E-state index in [9.17, 15) is 0 Å². The van der Waals surface area contributed by atoms with Crippen LogP contribution in [0.5, 0.6) is 0 Å². The van der Waals surface area contributed by atoms with Gasteiger partial charge in [0.25, 0.3) is 0 Å². The monoisotopic (exact) mass is 375 g/mol. The average Bonchev–Trinajstić information content (AvgIpc) is 3.16. The molecule has 0 atom stereocenters. The molecule has 5 rings (SSSR count). The number of nitrogens with zero attached hydrogens (tertiary/aromatic N) is 3. The molecule has 0 aliphatic rings. The Kier molecular flexibility index (Phi) is 4.15. The number of rotatable bonds is 4. The Morgan fingerprint density at radius 1 is 0.897 bits per heavy atom. The summed E-state index contributed by atoms with van der Waals surface area (Å²) >= 11 is 0. The third kappa shape index (κ3) is 3.17. The zero-order valence-corrected chi connectivity index (χ0v) is 15.6. The van der Waals surface area contributed by atoms with Crippen molar-refractivity contribution in [2.45, 2.75) is 6.42 Å². The Morgan fingerprint density at radius 3 is 2.52 bits per heavy atom. The lowest BCUT2D eigenvalue weighted by molar-refractivity contribution is 1.06. The van der Waals surface area contributed by atoms with Crippen LogP contribution in [-0.2, 0) is 6.42 Å². The van der Waals surface area contributed by atoms with Gasteiger partial charge in [0.1, 0.15) is 11.5 Å². The number of anilines is 2. The topological polar surface area (TPSA) is 66.5 Å². The summed E-state index contributed by atoms with van der Waals surface area (Å²) in [6.45, 7) is 0. The number of imidazole rings is 1. The van der Waals surface area contributed by atoms with Crippen molar-refractivity contribution in [3.63, 3.8) is 0 Å². The Morgan fingerprint density at radius 2 is 1.69 bits per heavy atom. The van der Waals surface area contributed by atoms with Crippen LogP contribution in [0.3, 0.4) is 0 Å². The molecule has 0 unspecified atom stereocenters. The van der Waals surface area contributed by atoms with Crippen molar-refractivity contribution in [3.05, 3.63) is 78.6 Å². The zero-order chi connectivity index (χ0) is 19.6. The molecule has 5 nitrogen and oxygen atoms in total. The van der Waals surface area contributed by atoms with Crippen molar-refractivity contribution in [2.75, 3.05) is 5.32 Å². The third-order valence-corrected chi connectivity index (χ3v) is 4.80. The molecule has 138 valence electrons. The molecule has 2 aromatic heterocycles. The Balaban J connectivity index is 1.56. The summed E-state index contributed by atoms with van der Waals surface area (Å²) in [6.07, 6.45) is 5.86. The van der Waals surface area contributed by atoms with E-state index in [4.69, 9.17) is 6.42 Å². The SMILES string of the molecule is C#CCc1nc2ccc(Nc3nnc(-c4ccccc4)c4ccccc34)cc2[nH]1. The van der Waals surface area contributed by atoms with Crippen LogP contribution in [0.25, 0.3) is 33.1 Å². The van der Waals surface area contributed by atoms with Gasteiger partial charge in [-0.15, -0.1) is 16.6 Å². The summed E-state index contributed by atoms with van der Waals surface area (Å²) in [4.78, 5) is 7.75. The molecule has 29 heavy (non-hydrogen) atoms. The molecule has 0 saturated carbocycles.